The second kappa shape index (κ2) is 18.9. The molecule has 0 aliphatic carbocycles. The molecule has 0 heterocycles. The van der Waals surface area contributed by atoms with E-state index in [4.69, 9.17) is 14.2 Å². The summed E-state index contributed by atoms with van der Waals surface area (Å²) in [5.41, 5.74) is 0. The molecule has 0 saturated carbocycles. The Balaban J connectivity index is 4.34. The number of allylic oxidation sites excluding steroid dienone is 5. The molecule has 0 aromatic rings. The second-order valence-electron chi connectivity index (χ2n) is 5.25. The first-order valence-corrected chi connectivity index (χ1v) is 9.07. The van der Waals surface area contributed by atoms with Crippen LogP contribution < -0.4 is 0 Å². The van der Waals surface area contributed by atoms with Gasteiger partial charge in [0.2, 0.25) is 0 Å². The van der Waals surface area contributed by atoms with Crippen molar-refractivity contribution in [1.29, 1.82) is 0 Å². The maximum absolute atomic E-state index is 11.6. The molecule has 0 saturated heterocycles. The van der Waals surface area contributed by atoms with Crippen molar-refractivity contribution in [1.82, 2.24) is 0 Å². The lowest BCUT2D eigenvalue weighted by Crippen LogP contribution is -2.30. The number of rotatable bonds is 13. The van der Waals surface area contributed by atoms with Crippen LogP contribution in [0.1, 0.15) is 26.2 Å². The fourth-order valence-corrected chi connectivity index (χ4v) is 1.61. The molecule has 30 heavy (non-hydrogen) atoms. The van der Waals surface area contributed by atoms with Crippen LogP contribution in [0.15, 0.2) is 49.2 Å². The first kappa shape index (κ1) is 26.6. The molecule has 0 bridgehead atoms. The highest BCUT2D eigenvalue weighted by molar-refractivity contribution is 5.62. The molecule has 0 radical (unpaired) electrons. The maximum atomic E-state index is 11.6. The zero-order valence-corrected chi connectivity index (χ0v) is 17.3. The lowest BCUT2D eigenvalue weighted by molar-refractivity contribution is -0.0324. The van der Waals surface area contributed by atoms with Crippen molar-refractivity contribution in [2.45, 2.75) is 32.3 Å². The smallest absolute Gasteiger partial charge is 0.501 e. The molecule has 0 amide bonds. The molecule has 0 aromatic heterocycles. The van der Waals surface area contributed by atoms with E-state index in [0.717, 1.165) is 32.5 Å². The van der Waals surface area contributed by atoms with E-state index in [2.05, 4.69) is 38.0 Å². The Morgan fingerprint density at radius 2 is 1.33 bits per heavy atom. The highest BCUT2D eigenvalue weighted by Gasteiger charge is 2.20. The standard InChI is InChI=1S/C20H28O10/c1-4-5-6-7-8-9-10-11-12-26-19(22)29-16-17(15-28-18(21)25-3)30-20(23)27-14-13-24-2/h5-6,8-9,11-14,17H,4,7,10,15-16H2,1-3H3/b6-5-,9-8-,12-11-,14-13-. The first-order chi connectivity index (χ1) is 14.5. The molecule has 0 aliphatic heterocycles. The van der Waals surface area contributed by atoms with Gasteiger partial charge in [0.25, 0.3) is 0 Å². The lowest BCUT2D eigenvalue weighted by Gasteiger charge is -2.16. The van der Waals surface area contributed by atoms with Crippen molar-refractivity contribution in [3.05, 3.63) is 49.2 Å². The predicted molar refractivity (Wildman–Crippen MR) is 105 cm³/mol. The fourth-order valence-electron chi connectivity index (χ4n) is 1.61. The predicted octanol–water partition coefficient (Wildman–Crippen LogP) is 4.38. The van der Waals surface area contributed by atoms with Crippen LogP contribution in [0.5, 0.6) is 0 Å². The number of carbonyl (C=O) groups is 3. The molecular weight excluding hydrogens is 400 g/mol. The van der Waals surface area contributed by atoms with Gasteiger partial charge in [-0.1, -0.05) is 31.2 Å². The highest BCUT2D eigenvalue weighted by Crippen LogP contribution is 2.02. The van der Waals surface area contributed by atoms with E-state index in [1.54, 1.807) is 6.08 Å². The molecule has 0 aromatic carbocycles. The molecular formula is C20H28O10. The quantitative estimate of drug-likeness (QED) is 0.181. The summed E-state index contributed by atoms with van der Waals surface area (Å²) < 4.78 is 32.5. The van der Waals surface area contributed by atoms with E-state index in [-0.39, 0.29) is 0 Å². The van der Waals surface area contributed by atoms with Gasteiger partial charge in [0.05, 0.1) is 20.5 Å². The molecule has 0 fully saturated rings. The van der Waals surface area contributed by atoms with Crippen molar-refractivity contribution < 1.29 is 47.5 Å². The van der Waals surface area contributed by atoms with Crippen LogP contribution in [-0.2, 0) is 33.2 Å². The molecule has 0 aliphatic rings. The van der Waals surface area contributed by atoms with Crippen molar-refractivity contribution in [3.63, 3.8) is 0 Å². The minimum absolute atomic E-state index is 0.434. The summed E-state index contributed by atoms with van der Waals surface area (Å²) in [4.78, 5) is 34.2. The third-order valence-corrected chi connectivity index (χ3v) is 2.93. The topological polar surface area (TPSA) is 116 Å². The SMILES string of the molecule is CC/C=C\C/C=C\C/C=C\OC(=O)OCC(COC(=O)OC)OC(=O)O/C=C\OC. The van der Waals surface area contributed by atoms with Crippen LogP contribution in [0, 0.1) is 0 Å². The van der Waals surface area contributed by atoms with Gasteiger partial charge >= 0.3 is 18.5 Å². The van der Waals surface area contributed by atoms with Gasteiger partial charge in [-0.3, -0.25) is 0 Å². The Labute approximate surface area is 175 Å². The number of hydrogen-bond acceptors (Lipinski definition) is 10. The highest BCUT2D eigenvalue weighted by atomic mass is 16.8. The van der Waals surface area contributed by atoms with Gasteiger partial charge in [-0.25, -0.2) is 14.4 Å². The molecule has 1 unspecified atom stereocenters. The average Bonchev–Trinajstić information content (AvgIpc) is 2.74. The van der Waals surface area contributed by atoms with Gasteiger partial charge in [0.15, 0.2) is 6.10 Å². The summed E-state index contributed by atoms with van der Waals surface area (Å²) in [6, 6.07) is 0. The number of ether oxygens (including phenoxy) is 7. The zero-order chi connectivity index (χ0) is 22.5. The van der Waals surface area contributed by atoms with Gasteiger partial charge < -0.3 is 33.2 Å². The monoisotopic (exact) mass is 428 g/mol. The van der Waals surface area contributed by atoms with Gasteiger partial charge in [0.1, 0.15) is 25.7 Å². The third-order valence-electron chi connectivity index (χ3n) is 2.93. The lowest BCUT2D eigenvalue weighted by atomic mass is 10.3. The maximum Gasteiger partial charge on any atom is 0.513 e. The molecule has 0 spiro atoms. The van der Waals surface area contributed by atoms with Crippen LogP contribution in [0.3, 0.4) is 0 Å². The van der Waals surface area contributed by atoms with Gasteiger partial charge in [-0.05, 0) is 25.3 Å². The molecule has 0 N–H and O–H groups in total. The van der Waals surface area contributed by atoms with Gasteiger partial charge in [-0.2, -0.15) is 0 Å². The minimum Gasteiger partial charge on any atom is -0.501 e. The number of hydrogen-bond donors (Lipinski definition) is 0. The Hall–Kier alpha value is -3.43. The summed E-state index contributed by atoms with van der Waals surface area (Å²) in [7, 11) is 2.46. The number of methoxy groups -OCH3 is 2. The summed E-state index contributed by atoms with van der Waals surface area (Å²) in [6.45, 7) is 1.18. The van der Waals surface area contributed by atoms with Gasteiger partial charge in [-0.15, -0.1) is 0 Å². The Morgan fingerprint density at radius 1 is 0.733 bits per heavy atom. The van der Waals surface area contributed by atoms with Crippen LogP contribution in [-0.4, -0.2) is 52.0 Å². The van der Waals surface area contributed by atoms with E-state index < -0.39 is 37.8 Å². The van der Waals surface area contributed by atoms with Crippen molar-refractivity contribution >= 4 is 18.5 Å². The van der Waals surface area contributed by atoms with E-state index in [0.29, 0.717) is 6.42 Å². The molecule has 1 atom stereocenters. The van der Waals surface area contributed by atoms with Crippen LogP contribution in [0.2, 0.25) is 0 Å². The molecule has 0 rings (SSSR count). The Morgan fingerprint density at radius 3 is 1.97 bits per heavy atom. The number of carbonyl (C=O) groups excluding carboxylic acids is 3. The average molecular weight is 428 g/mol. The van der Waals surface area contributed by atoms with Crippen LogP contribution in [0.25, 0.3) is 0 Å². The molecule has 10 nitrogen and oxygen atoms in total. The van der Waals surface area contributed by atoms with E-state index >= 15 is 0 Å². The summed E-state index contributed by atoms with van der Waals surface area (Å²) in [5, 5.41) is 0. The Bertz CT molecular complexity index is 607. The Kier molecular flexibility index (Phi) is 16.7. The van der Waals surface area contributed by atoms with E-state index in [1.165, 1.54) is 13.4 Å². The normalized spacial score (nSPS) is 12.2. The van der Waals surface area contributed by atoms with Crippen molar-refractivity contribution in [2.75, 3.05) is 27.4 Å². The van der Waals surface area contributed by atoms with E-state index in [1.807, 2.05) is 12.2 Å². The minimum atomic E-state index is -1.15. The first-order valence-electron chi connectivity index (χ1n) is 9.07. The second-order valence-corrected chi connectivity index (χ2v) is 5.25. The summed E-state index contributed by atoms with van der Waals surface area (Å²) in [5.74, 6) is 0. The van der Waals surface area contributed by atoms with Crippen LogP contribution >= 0.6 is 0 Å². The third kappa shape index (κ3) is 16.7. The zero-order valence-electron chi connectivity index (χ0n) is 17.3. The van der Waals surface area contributed by atoms with Crippen molar-refractivity contribution in [2.24, 2.45) is 0 Å². The fraction of sp³-hybridized carbons (Fsp3) is 0.450. The van der Waals surface area contributed by atoms with Crippen molar-refractivity contribution in [3.8, 4) is 0 Å². The largest absolute Gasteiger partial charge is 0.513 e. The van der Waals surface area contributed by atoms with Crippen LogP contribution in [0.4, 0.5) is 14.4 Å². The summed E-state index contributed by atoms with van der Waals surface area (Å²) in [6.07, 6.45) is 11.0. The summed E-state index contributed by atoms with van der Waals surface area (Å²) >= 11 is 0. The molecule has 168 valence electrons. The molecule has 10 heteroatoms. The van der Waals surface area contributed by atoms with Gasteiger partial charge in [0, 0.05) is 0 Å². The van der Waals surface area contributed by atoms with E-state index in [9.17, 15) is 14.4 Å².